The molecule has 0 radical (unpaired) electrons. The van der Waals surface area contributed by atoms with Gasteiger partial charge in [0.2, 0.25) is 0 Å². The van der Waals surface area contributed by atoms with Gasteiger partial charge in [0.25, 0.3) is 0 Å². The summed E-state index contributed by atoms with van der Waals surface area (Å²) in [5.74, 6) is -1.79. The normalized spacial score (nSPS) is 21.2. The van der Waals surface area contributed by atoms with Crippen LogP contribution in [0.25, 0.3) is 5.57 Å². The van der Waals surface area contributed by atoms with Crippen molar-refractivity contribution in [3.05, 3.63) is 70.8 Å². The average Bonchev–Trinajstić information content (AvgIpc) is 2.75. The highest BCUT2D eigenvalue weighted by Crippen LogP contribution is 2.42. The van der Waals surface area contributed by atoms with Crippen LogP contribution in [0.4, 0.5) is 32.0 Å². The summed E-state index contributed by atoms with van der Waals surface area (Å²) < 4.78 is 83.9. The van der Waals surface area contributed by atoms with Crippen LogP contribution < -0.4 is 5.32 Å². The van der Waals surface area contributed by atoms with Crippen molar-refractivity contribution in [2.75, 3.05) is 38.2 Å². The van der Waals surface area contributed by atoms with Crippen LogP contribution in [-0.2, 0) is 6.42 Å². The summed E-state index contributed by atoms with van der Waals surface area (Å²) in [6.07, 6.45) is -3.77. The fourth-order valence-corrected chi connectivity index (χ4v) is 5.25. The number of hydrogen-bond donors (Lipinski definition) is 1. The van der Waals surface area contributed by atoms with E-state index in [1.807, 2.05) is 17.9 Å². The fourth-order valence-electron chi connectivity index (χ4n) is 5.25. The van der Waals surface area contributed by atoms with Crippen molar-refractivity contribution in [1.82, 2.24) is 9.80 Å². The Morgan fingerprint density at radius 3 is 2.36 bits per heavy atom. The Bertz CT molecular complexity index is 1090. The van der Waals surface area contributed by atoms with Gasteiger partial charge in [0.05, 0.1) is 25.3 Å². The van der Waals surface area contributed by atoms with Gasteiger partial charge in [-0.1, -0.05) is 30.4 Å². The number of halogens is 6. The third-order valence-corrected chi connectivity index (χ3v) is 6.99. The molecular formula is C27H31F6N3. The lowest BCUT2D eigenvalue weighted by Gasteiger charge is -2.43. The summed E-state index contributed by atoms with van der Waals surface area (Å²) >= 11 is 0. The molecule has 0 amide bonds. The third-order valence-electron chi connectivity index (χ3n) is 6.99. The molecule has 1 unspecified atom stereocenters. The Morgan fingerprint density at radius 1 is 1.11 bits per heavy atom. The van der Waals surface area contributed by atoms with Gasteiger partial charge in [-0.2, -0.15) is 13.2 Å². The average molecular weight is 512 g/mol. The molecule has 2 atom stereocenters. The largest absolute Gasteiger partial charge is 0.401 e. The van der Waals surface area contributed by atoms with Gasteiger partial charge in [-0.25, -0.2) is 8.78 Å². The molecule has 0 aromatic heterocycles. The summed E-state index contributed by atoms with van der Waals surface area (Å²) in [5.41, 5.74) is 2.70. The molecule has 0 bridgehead atoms. The van der Waals surface area contributed by atoms with E-state index in [1.165, 1.54) is 0 Å². The molecule has 4 rings (SSSR count). The Balaban J connectivity index is 1.67. The first kappa shape index (κ1) is 26.5. The summed E-state index contributed by atoms with van der Waals surface area (Å²) in [6.45, 7) is 7.60. The Labute approximate surface area is 207 Å². The van der Waals surface area contributed by atoms with Crippen molar-refractivity contribution in [3.63, 3.8) is 0 Å². The van der Waals surface area contributed by atoms with Gasteiger partial charge in [-0.05, 0) is 55.5 Å². The zero-order valence-electron chi connectivity index (χ0n) is 20.4. The topological polar surface area (TPSA) is 18.5 Å². The molecule has 196 valence electrons. The van der Waals surface area contributed by atoms with E-state index in [4.69, 9.17) is 0 Å². The van der Waals surface area contributed by atoms with Gasteiger partial charge in [0, 0.05) is 36.9 Å². The second kappa shape index (κ2) is 10.5. The van der Waals surface area contributed by atoms with Crippen molar-refractivity contribution < 1.29 is 26.3 Å². The minimum absolute atomic E-state index is 0.0352. The van der Waals surface area contributed by atoms with Gasteiger partial charge in [-0.3, -0.25) is 14.2 Å². The highest BCUT2D eigenvalue weighted by atomic mass is 19.4. The molecule has 1 saturated heterocycles. The number of alkyl halides is 4. The highest BCUT2D eigenvalue weighted by Gasteiger charge is 2.42. The van der Waals surface area contributed by atoms with Crippen LogP contribution in [-0.4, -0.2) is 60.9 Å². The number of nitrogens with zero attached hydrogens (tertiary/aromatic N) is 2. The van der Waals surface area contributed by atoms with Crippen LogP contribution in [0, 0.1) is 11.6 Å². The van der Waals surface area contributed by atoms with Crippen molar-refractivity contribution in [1.29, 1.82) is 0 Å². The van der Waals surface area contributed by atoms with Crippen LogP contribution in [0.3, 0.4) is 0 Å². The molecule has 2 heterocycles. The van der Waals surface area contributed by atoms with E-state index in [9.17, 15) is 17.6 Å². The van der Waals surface area contributed by atoms with E-state index >= 15 is 8.78 Å². The van der Waals surface area contributed by atoms with E-state index in [0.717, 1.165) is 33.7 Å². The van der Waals surface area contributed by atoms with E-state index in [1.54, 1.807) is 19.1 Å². The van der Waals surface area contributed by atoms with Crippen LogP contribution in [0.1, 0.15) is 48.6 Å². The Kier molecular flexibility index (Phi) is 7.71. The quantitative estimate of drug-likeness (QED) is 0.417. The molecule has 0 aliphatic carbocycles. The summed E-state index contributed by atoms with van der Waals surface area (Å²) in [4.78, 5) is 3.17. The molecule has 0 spiro atoms. The number of rotatable bonds is 8. The van der Waals surface area contributed by atoms with Crippen LogP contribution >= 0.6 is 0 Å². The van der Waals surface area contributed by atoms with Crippen molar-refractivity contribution in [2.45, 2.75) is 51.0 Å². The molecule has 0 saturated carbocycles. The lowest BCUT2D eigenvalue weighted by molar-refractivity contribution is -0.155. The first-order chi connectivity index (χ1) is 17.0. The number of likely N-dealkylation sites (tertiary alicyclic amines) is 1. The standard InChI is InChI=1S/C27H31F6N3/c1-16(2)18-5-6-22-19(10-18)9-17(3)36(15-27(31,32)33)26(22)25-23(29)11-20(12-24(25)30)34-21-13-35(14-21)8-4-7-28/h5-6,10-12,17,21,26,34H,1,4,7-9,13-15H2,2-3H3/t17-,26?/m1/s1. The third kappa shape index (κ3) is 5.72. The number of hydrogen-bond acceptors (Lipinski definition) is 3. The van der Waals surface area contributed by atoms with Gasteiger partial charge in [0.1, 0.15) is 11.6 Å². The zero-order chi connectivity index (χ0) is 26.2. The number of fused-ring (bicyclic) bond motifs is 1. The van der Waals surface area contributed by atoms with Gasteiger partial charge in [-0.15, -0.1) is 0 Å². The van der Waals surface area contributed by atoms with E-state index in [-0.39, 0.29) is 17.3 Å². The summed E-state index contributed by atoms with van der Waals surface area (Å²) in [5, 5.41) is 3.08. The van der Waals surface area contributed by atoms with Crippen LogP contribution in [0.5, 0.6) is 0 Å². The Hall–Kier alpha value is -2.52. The molecule has 36 heavy (non-hydrogen) atoms. The SMILES string of the molecule is C=C(C)c1ccc2c(c1)C[C@@H](C)N(CC(F)(F)F)C2c1c(F)cc(NC2CN(CCCF)C2)cc1F. The maximum absolute atomic E-state index is 15.5. The second-order valence-electron chi connectivity index (χ2n) is 9.93. The molecule has 1 N–H and O–H groups in total. The maximum Gasteiger partial charge on any atom is 0.401 e. The summed E-state index contributed by atoms with van der Waals surface area (Å²) in [7, 11) is 0. The predicted octanol–water partition coefficient (Wildman–Crippen LogP) is 6.35. The zero-order valence-corrected chi connectivity index (χ0v) is 20.4. The van der Waals surface area contributed by atoms with Crippen LogP contribution in [0.2, 0.25) is 0 Å². The predicted molar refractivity (Wildman–Crippen MR) is 130 cm³/mol. The van der Waals surface area contributed by atoms with E-state index in [2.05, 4.69) is 11.9 Å². The lowest BCUT2D eigenvalue weighted by atomic mass is 9.83. The lowest BCUT2D eigenvalue weighted by Crippen LogP contribution is -2.54. The molecule has 9 heteroatoms. The monoisotopic (exact) mass is 511 g/mol. The molecule has 2 aromatic rings. The second-order valence-corrected chi connectivity index (χ2v) is 9.93. The molecule has 2 aromatic carbocycles. The van der Waals surface area contributed by atoms with Crippen molar-refractivity contribution in [3.8, 4) is 0 Å². The van der Waals surface area contributed by atoms with Gasteiger partial charge >= 0.3 is 6.18 Å². The summed E-state index contributed by atoms with van der Waals surface area (Å²) in [6, 6.07) is 5.68. The number of benzene rings is 2. The fraction of sp³-hybridized carbons (Fsp3) is 0.481. The van der Waals surface area contributed by atoms with Gasteiger partial charge < -0.3 is 5.32 Å². The Morgan fingerprint density at radius 2 is 1.78 bits per heavy atom. The van der Waals surface area contributed by atoms with E-state index < -0.39 is 43.1 Å². The first-order valence-electron chi connectivity index (χ1n) is 12.1. The highest BCUT2D eigenvalue weighted by molar-refractivity contribution is 5.63. The molecule has 3 nitrogen and oxygen atoms in total. The first-order valence-corrected chi connectivity index (χ1v) is 12.1. The van der Waals surface area contributed by atoms with Crippen molar-refractivity contribution >= 4 is 11.3 Å². The number of anilines is 1. The maximum atomic E-state index is 15.5. The molecule has 1 fully saturated rings. The number of nitrogens with one attached hydrogen (secondary N) is 1. The smallest absolute Gasteiger partial charge is 0.380 e. The molecule has 2 aliphatic heterocycles. The van der Waals surface area contributed by atoms with E-state index in [0.29, 0.717) is 38.0 Å². The molecular weight excluding hydrogens is 480 g/mol. The minimum Gasteiger partial charge on any atom is -0.380 e. The molecule has 2 aliphatic rings. The van der Waals surface area contributed by atoms with Crippen LogP contribution in [0.15, 0.2) is 36.9 Å². The van der Waals surface area contributed by atoms with Gasteiger partial charge in [0.15, 0.2) is 0 Å². The number of allylic oxidation sites excluding steroid dienone is 1. The minimum atomic E-state index is -4.53. The van der Waals surface area contributed by atoms with Crippen molar-refractivity contribution in [2.24, 2.45) is 0 Å².